The Morgan fingerprint density at radius 3 is 1.93 bits per heavy atom. The van der Waals surface area contributed by atoms with Crippen molar-refractivity contribution < 1.29 is 17.8 Å². The molecule has 0 aliphatic heterocycles. The highest BCUT2D eigenvalue weighted by atomic mass is 32.2. The van der Waals surface area contributed by atoms with E-state index in [2.05, 4.69) is 19.1 Å². The van der Waals surface area contributed by atoms with E-state index in [0.717, 1.165) is 32.1 Å². The lowest BCUT2D eigenvalue weighted by atomic mass is 10.0. The van der Waals surface area contributed by atoms with E-state index in [9.17, 15) is 17.8 Å². The van der Waals surface area contributed by atoms with Gasteiger partial charge < -0.3 is 0 Å². The van der Waals surface area contributed by atoms with E-state index in [0.29, 0.717) is 6.42 Å². The van der Waals surface area contributed by atoms with E-state index in [-0.39, 0.29) is 16.2 Å². The highest BCUT2D eigenvalue weighted by Gasteiger charge is 2.19. The fraction of sp³-hybridized carbons (Fsp3) is 0.625. The van der Waals surface area contributed by atoms with Gasteiger partial charge in [-0.1, -0.05) is 88.6 Å². The molecular weight excluding hydrogens is 384 g/mol. The molecule has 1 aromatic carbocycles. The van der Waals surface area contributed by atoms with E-state index in [1.54, 1.807) is 6.07 Å². The highest BCUT2D eigenvalue weighted by Crippen LogP contribution is 2.18. The zero-order valence-corrected chi connectivity index (χ0v) is 18.8. The molecule has 0 bridgehead atoms. The molecule has 0 heterocycles. The standard InChI is InChI=1S/C24H38O4S/c1-2-3-4-5-6-7-8-9-10-11-12-13-14-15-16-20-23(25)22-19-17-18-21-24(22)29(26,27)28/h9-10,17-19,21H,2-8,11-16,20H2,1H3,(H,26,27,28)/b10-9-. The fourth-order valence-electron chi connectivity index (χ4n) is 3.41. The number of carbonyl (C=O) groups excluding carboxylic acids is 1. The Kier molecular flexibility index (Phi) is 13.6. The van der Waals surface area contributed by atoms with E-state index in [1.807, 2.05) is 0 Å². The van der Waals surface area contributed by atoms with Gasteiger partial charge in [0.05, 0.1) is 0 Å². The molecule has 0 fully saturated rings. The molecule has 0 aliphatic carbocycles. The largest absolute Gasteiger partial charge is 0.295 e. The summed E-state index contributed by atoms with van der Waals surface area (Å²) in [7, 11) is -4.37. The van der Waals surface area contributed by atoms with Crippen LogP contribution in [0.25, 0.3) is 0 Å². The Morgan fingerprint density at radius 1 is 0.828 bits per heavy atom. The van der Waals surface area contributed by atoms with E-state index < -0.39 is 10.1 Å². The second-order valence-corrected chi connectivity index (χ2v) is 9.12. The van der Waals surface area contributed by atoms with Crippen molar-refractivity contribution in [3.63, 3.8) is 0 Å². The van der Waals surface area contributed by atoms with Crippen molar-refractivity contribution >= 4 is 15.9 Å². The fourth-order valence-corrected chi connectivity index (χ4v) is 4.12. The van der Waals surface area contributed by atoms with Crippen LogP contribution < -0.4 is 0 Å². The molecule has 164 valence electrons. The molecule has 0 aliphatic rings. The van der Waals surface area contributed by atoms with Gasteiger partial charge in [-0.05, 0) is 38.2 Å². The number of Topliss-reactive ketones (excluding diaryl/α,β-unsaturated/α-hetero) is 1. The van der Waals surface area contributed by atoms with Gasteiger partial charge in [-0.25, -0.2) is 0 Å². The number of carbonyl (C=O) groups is 1. The molecule has 0 saturated carbocycles. The smallest absolute Gasteiger partial charge is 0.294 e. The van der Waals surface area contributed by atoms with Crippen LogP contribution in [-0.2, 0) is 10.1 Å². The number of rotatable bonds is 17. The summed E-state index contributed by atoms with van der Waals surface area (Å²) in [5.74, 6) is -0.226. The lowest BCUT2D eigenvalue weighted by molar-refractivity contribution is 0.0975. The van der Waals surface area contributed by atoms with Crippen LogP contribution in [-0.4, -0.2) is 18.8 Å². The minimum atomic E-state index is -4.37. The zero-order chi connectivity index (χ0) is 21.4. The van der Waals surface area contributed by atoms with E-state index in [1.165, 1.54) is 69.6 Å². The van der Waals surface area contributed by atoms with Crippen LogP contribution in [0.2, 0.25) is 0 Å². The Morgan fingerprint density at radius 2 is 1.34 bits per heavy atom. The summed E-state index contributed by atoms with van der Waals surface area (Å²) in [5, 5.41) is 0. The summed E-state index contributed by atoms with van der Waals surface area (Å²) in [6.45, 7) is 2.25. The van der Waals surface area contributed by atoms with Gasteiger partial charge in [0.2, 0.25) is 0 Å². The molecule has 1 rings (SSSR count). The molecule has 0 amide bonds. The number of benzene rings is 1. The minimum Gasteiger partial charge on any atom is -0.294 e. The van der Waals surface area contributed by atoms with Crippen LogP contribution in [0.1, 0.15) is 107 Å². The number of allylic oxidation sites excluding steroid dienone is 2. The Balaban J connectivity index is 2.07. The number of unbranched alkanes of at least 4 members (excludes halogenated alkanes) is 11. The molecule has 0 unspecified atom stereocenters. The van der Waals surface area contributed by atoms with E-state index >= 15 is 0 Å². The average Bonchev–Trinajstić information content (AvgIpc) is 2.70. The maximum Gasteiger partial charge on any atom is 0.295 e. The van der Waals surface area contributed by atoms with Crippen molar-refractivity contribution in [2.75, 3.05) is 0 Å². The van der Waals surface area contributed by atoms with Crippen molar-refractivity contribution in [2.24, 2.45) is 0 Å². The topological polar surface area (TPSA) is 71.4 Å². The monoisotopic (exact) mass is 422 g/mol. The van der Waals surface area contributed by atoms with Gasteiger partial charge >= 0.3 is 0 Å². The second kappa shape index (κ2) is 15.4. The first-order valence-corrected chi connectivity index (χ1v) is 12.7. The maximum absolute atomic E-state index is 12.3. The first-order valence-electron chi connectivity index (χ1n) is 11.2. The van der Waals surface area contributed by atoms with Gasteiger partial charge in [0, 0.05) is 12.0 Å². The van der Waals surface area contributed by atoms with Crippen molar-refractivity contribution in [1.29, 1.82) is 0 Å². The SMILES string of the molecule is CCCCCCCC/C=C\CCCCCCCC(=O)c1ccccc1S(=O)(=O)O. The molecular formula is C24H38O4S. The summed E-state index contributed by atoms with van der Waals surface area (Å²) >= 11 is 0. The van der Waals surface area contributed by atoms with Gasteiger partial charge in [-0.2, -0.15) is 8.42 Å². The van der Waals surface area contributed by atoms with Crippen LogP contribution in [0.5, 0.6) is 0 Å². The molecule has 4 nitrogen and oxygen atoms in total. The van der Waals surface area contributed by atoms with Crippen LogP contribution in [0, 0.1) is 0 Å². The summed E-state index contributed by atoms with van der Waals surface area (Å²) in [6, 6.07) is 5.84. The van der Waals surface area contributed by atoms with Crippen molar-refractivity contribution in [2.45, 2.75) is 102 Å². The van der Waals surface area contributed by atoms with Crippen LogP contribution >= 0.6 is 0 Å². The third kappa shape index (κ3) is 12.0. The molecule has 0 saturated heterocycles. The highest BCUT2D eigenvalue weighted by molar-refractivity contribution is 7.86. The molecule has 0 atom stereocenters. The Labute approximate surface area is 177 Å². The predicted octanol–water partition coefficient (Wildman–Crippen LogP) is 7.15. The van der Waals surface area contributed by atoms with Gasteiger partial charge in [0.1, 0.15) is 4.90 Å². The molecule has 1 N–H and O–H groups in total. The normalized spacial score (nSPS) is 11.9. The molecule has 5 heteroatoms. The first-order chi connectivity index (χ1) is 14.0. The predicted molar refractivity (Wildman–Crippen MR) is 120 cm³/mol. The zero-order valence-electron chi connectivity index (χ0n) is 17.9. The van der Waals surface area contributed by atoms with Crippen LogP contribution in [0.15, 0.2) is 41.3 Å². The lowest BCUT2D eigenvalue weighted by Gasteiger charge is -2.06. The third-order valence-electron chi connectivity index (χ3n) is 5.13. The summed E-state index contributed by atoms with van der Waals surface area (Å²) in [6.07, 6.45) is 20.4. The number of hydrogen-bond donors (Lipinski definition) is 1. The average molecular weight is 423 g/mol. The molecule has 0 aromatic heterocycles. The lowest BCUT2D eigenvalue weighted by Crippen LogP contribution is -2.08. The molecule has 0 radical (unpaired) electrons. The quantitative estimate of drug-likeness (QED) is 0.125. The van der Waals surface area contributed by atoms with Gasteiger partial charge in [0.15, 0.2) is 5.78 Å². The van der Waals surface area contributed by atoms with Gasteiger partial charge in [-0.15, -0.1) is 0 Å². The van der Waals surface area contributed by atoms with Gasteiger partial charge in [0.25, 0.3) is 10.1 Å². The molecule has 0 spiro atoms. The second-order valence-electron chi connectivity index (χ2n) is 7.73. The third-order valence-corrected chi connectivity index (χ3v) is 6.04. The van der Waals surface area contributed by atoms with E-state index in [4.69, 9.17) is 0 Å². The molecule has 29 heavy (non-hydrogen) atoms. The Hall–Kier alpha value is -1.46. The molecule has 1 aromatic rings. The summed E-state index contributed by atoms with van der Waals surface area (Å²) in [5.41, 5.74) is 0.0884. The van der Waals surface area contributed by atoms with Crippen molar-refractivity contribution in [3.05, 3.63) is 42.0 Å². The minimum absolute atomic E-state index is 0.0884. The maximum atomic E-state index is 12.3. The van der Waals surface area contributed by atoms with Crippen molar-refractivity contribution in [3.8, 4) is 0 Å². The summed E-state index contributed by atoms with van der Waals surface area (Å²) < 4.78 is 32.0. The van der Waals surface area contributed by atoms with Gasteiger partial charge in [-0.3, -0.25) is 9.35 Å². The van der Waals surface area contributed by atoms with Crippen LogP contribution in [0.4, 0.5) is 0 Å². The Bertz CT molecular complexity index is 707. The van der Waals surface area contributed by atoms with Crippen LogP contribution in [0.3, 0.4) is 0 Å². The van der Waals surface area contributed by atoms with Crippen molar-refractivity contribution in [1.82, 2.24) is 0 Å². The number of hydrogen-bond acceptors (Lipinski definition) is 3. The number of ketones is 1. The first kappa shape index (κ1) is 25.6. The summed E-state index contributed by atoms with van der Waals surface area (Å²) in [4.78, 5) is 12.0.